The van der Waals surface area contributed by atoms with Gasteiger partial charge in [-0.15, -0.1) is 0 Å². The van der Waals surface area contributed by atoms with E-state index in [4.69, 9.17) is 0 Å². The van der Waals surface area contributed by atoms with E-state index in [0.29, 0.717) is 5.92 Å². The maximum absolute atomic E-state index is 12.4. The van der Waals surface area contributed by atoms with E-state index in [2.05, 4.69) is 29.2 Å². The van der Waals surface area contributed by atoms with Gasteiger partial charge in [0.25, 0.3) is 0 Å². The van der Waals surface area contributed by atoms with Crippen molar-refractivity contribution >= 4 is 11.6 Å². The van der Waals surface area contributed by atoms with Crippen LogP contribution in [-0.2, 0) is 11.3 Å². The topological polar surface area (TPSA) is 59.0 Å². The first-order chi connectivity index (χ1) is 10.1. The van der Waals surface area contributed by atoms with Gasteiger partial charge in [0.1, 0.15) is 0 Å². The second-order valence-corrected chi connectivity index (χ2v) is 5.88. The molecule has 2 atom stereocenters. The van der Waals surface area contributed by atoms with E-state index in [-0.39, 0.29) is 11.8 Å². The lowest BCUT2D eigenvalue weighted by Crippen LogP contribution is -2.30. The highest BCUT2D eigenvalue weighted by atomic mass is 16.1. The van der Waals surface area contributed by atoms with Crippen LogP contribution in [0.15, 0.2) is 19.0 Å². The third kappa shape index (κ3) is 3.86. The summed E-state index contributed by atoms with van der Waals surface area (Å²) in [7, 11) is 0. The van der Waals surface area contributed by atoms with Gasteiger partial charge in [0.05, 0.1) is 24.1 Å². The number of amides is 1. The van der Waals surface area contributed by atoms with Crippen LogP contribution in [0.1, 0.15) is 38.3 Å². The predicted molar refractivity (Wildman–Crippen MR) is 84.9 cm³/mol. The highest BCUT2D eigenvalue weighted by Gasteiger charge is 2.28. The smallest absolute Gasteiger partial charge is 0.227 e. The number of rotatable bonds is 6. The zero-order chi connectivity index (χ0) is 15.2. The van der Waals surface area contributed by atoms with Crippen LogP contribution in [-0.4, -0.2) is 22.2 Å². The number of aromatic nitrogens is 2. The third-order valence-electron chi connectivity index (χ3n) is 4.42. The van der Waals surface area contributed by atoms with Crippen molar-refractivity contribution in [1.29, 1.82) is 0 Å². The minimum Gasteiger partial charge on any atom is -0.390 e. The van der Waals surface area contributed by atoms with E-state index >= 15 is 0 Å². The third-order valence-corrected chi connectivity index (χ3v) is 4.42. The van der Waals surface area contributed by atoms with Crippen LogP contribution >= 0.6 is 0 Å². The normalized spacial score (nSPS) is 21.8. The summed E-state index contributed by atoms with van der Waals surface area (Å²) in [6.45, 7) is 9.32. The van der Waals surface area contributed by atoms with Crippen LogP contribution in [0.3, 0.4) is 0 Å². The van der Waals surface area contributed by atoms with Crippen LogP contribution in [0.25, 0.3) is 0 Å². The summed E-state index contributed by atoms with van der Waals surface area (Å²) in [5.74, 6) is 0.767. The van der Waals surface area contributed by atoms with Crippen molar-refractivity contribution in [2.45, 2.75) is 46.1 Å². The van der Waals surface area contributed by atoms with E-state index in [1.165, 1.54) is 6.42 Å². The molecule has 0 aromatic carbocycles. The summed E-state index contributed by atoms with van der Waals surface area (Å²) in [5.41, 5.74) is 1.83. The van der Waals surface area contributed by atoms with Gasteiger partial charge in [-0.2, -0.15) is 5.10 Å². The number of carbonyl (C=O) groups is 1. The first-order valence-electron chi connectivity index (χ1n) is 7.81. The molecule has 2 N–H and O–H groups in total. The van der Waals surface area contributed by atoms with Crippen molar-refractivity contribution in [1.82, 2.24) is 15.1 Å². The molecule has 1 heterocycles. The Hall–Kier alpha value is -1.78. The van der Waals surface area contributed by atoms with Gasteiger partial charge in [-0.3, -0.25) is 9.48 Å². The Labute approximate surface area is 126 Å². The molecular formula is C16H26N4O. The zero-order valence-corrected chi connectivity index (χ0v) is 13.1. The Balaban J connectivity index is 1.96. The predicted octanol–water partition coefficient (Wildman–Crippen LogP) is 2.69. The maximum atomic E-state index is 12.4. The molecule has 1 saturated carbocycles. The quantitative estimate of drug-likeness (QED) is 0.792. The Morgan fingerprint density at radius 2 is 2.29 bits per heavy atom. The SMILES string of the molecule is C=CNCCn1ncc(NC(=O)C2CCCCC2C)c1C. The molecule has 1 amide bonds. The lowest BCUT2D eigenvalue weighted by molar-refractivity contribution is -0.122. The van der Waals surface area contributed by atoms with Crippen LogP contribution in [0, 0.1) is 18.8 Å². The molecule has 0 bridgehead atoms. The standard InChI is InChI=1S/C16H26N4O/c1-4-17-9-10-20-13(3)15(11-18-20)19-16(21)14-8-6-5-7-12(14)2/h4,11-12,14,17H,1,5-10H2,2-3H3,(H,19,21). The number of hydrogen-bond donors (Lipinski definition) is 2. The number of nitrogens with one attached hydrogen (secondary N) is 2. The van der Waals surface area contributed by atoms with E-state index < -0.39 is 0 Å². The molecule has 1 aromatic heterocycles. The summed E-state index contributed by atoms with van der Waals surface area (Å²) in [5, 5.41) is 10.4. The van der Waals surface area contributed by atoms with Gasteiger partial charge in [0, 0.05) is 12.5 Å². The summed E-state index contributed by atoms with van der Waals surface area (Å²) in [4.78, 5) is 12.4. The fourth-order valence-corrected chi connectivity index (χ4v) is 3.00. The maximum Gasteiger partial charge on any atom is 0.227 e. The highest BCUT2D eigenvalue weighted by molar-refractivity contribution is 5.93. The molecule has 2 rings (SSSR count). The Morgan fingerprint density at radius 1 is 1.52 bits per heavy atom. The molecule has 5 nitrogen and oxygen atoms in total. The van der Waals surface area contributed by atoms with Crippen LogP contribution in [0.5, 0.6) is 0 Å². The Kier molecular flexibility index (Phi) is 5.42. The number of anilines is 1. The van der Waals surface area contributed by atoms with Gasteiger partial charge in [0.15, 0.2) is 0 Å². The molecule has 0 aliphatic heterocycles. The van der Waals surface area contributed by atoms with Crippen molar-refractivity contribution in [3.05, 3.63) is 24.7 Å². The molecule has 2 unspecified atom stereocenters. The zero-order valence-electron chi connectivity index (χ0n) is 13.1. The second-order valence-electron chi connectivity index (χ2n) is 5.88. The lowest BCUT2D eigenvalue weighted by Gasteiger charge is -2.27. The molecule has 1 fully saturated rings. The second kappa shape index (κ2) is 7.29. The van der Waals surface area contributed by atoms with E-state index in [1.807, 2.05) is 11.6 Å². The molecule has 21 heavy (non-hydrogen) atoms. The van der Waals surface area contributed by atoms with Crippen LogP contribution in [0.2, 0.25) is 0 Å². The van der Waals surface area contributed by atoms with Crippen molar-refractivity contribution < 1.29 is 4.79 Å². The molecule has 0 saturated heterocycles. The molecule has 116 valence electrons. The fourth-order valence-electron chi connectivity index (χ4n) is 3.00. The number of carbonyl (C=O) groups excluding carboxylic acids is 1. The molecule has 0 radical (unpaired) electrons. The summed E-state index contributed by atoms with van der Waals surface area (Å²) in [6.07, 6.45) is 7.99. The number of nitrogens with zero attached hydrogens (tertiary/aromatic N) is 2. The lowest BCUT2D eigenvalue weighted by atomic mass is 9.80. The van der Waals surface area contributed by atoms with Gasteiger partial charge in [-0.1, -0.05) is 26.3 Å². The first-order valence-corrected chi connectivity index (χ1v) is 7.81. The minimum absolute atomic E-state index is 0.143. The largest absolute Gasteiger partial charge is 0.390 e. The summed E-state index contributed by atoms with van der Waals surface area (Å²) in [6, 6.07) is 0. The number of hydrogen-bond acceptors (Lipinski definition) is 3. The van der Waals surface area contributed by atoms with Crippen molar-refractivity contribution in [2.24, 2.45) is 11.8 Å². The summed E-state index contributed by atoms with van der Waals surface area (Å²) < 4.78 is 1.90. The Morgan fingerprint density at radius 3 is 3.00 bits per heavy atom. The summed E-state index contributed by atoms with van der Waals surface area (Å²) >= 11 is 0. The van der Waals surface area contributed by atoms with Gasteiger partial charge in [-0.25, -0.2) is 0 Å². The van der Waals surface area contributed by atoms with Gasteiger partial charge < -0.3 is 10.6 Å². The van der Waals surface area contributed by atoms with Crippen LogP contribution < -0.4 is 10.6 Å². The van der Waals surface area contributed by atoms with Crippen molar-refractivity contribution in [3.63, 3.8) is 0 Å². The van der Waals surface area contributed by atoms with E-state index in [0.717, 1.165) is 43.7 Å². The molecule has 0 spiro atoms. The highest BCUT2D eigenvalue weighted by Crippen LogP contribution is 2.30. The van der Waals surface area contributed by atoms with Crippen molar-refractivity contribution in [2.75, 3.05) is 11.9 Å². The molecule has 1 aliphatic carbocycles. The van der Waals surface area contributed by atoms with E-state index in [1.54, 1.807) is 12.4 Å². The molecule has 5 heteroatoms. The average Bonchev–Trinajstić information content (AvgIpc) is 2.81. The minimum atomic E-state index is 0.143. The molecular weight excluding hydrogens is 264 g/mol. The first kappa shape index (κ1) is 15.6. The van der Waals surface area contributed by atoms with Crippen molar-refractivity contribution in [3.8, 4) is 0 Å². The monoisotopic (exact) mass is 290 g/mol. The van der Waals surface area contributed by atoms with Gasteiger partial charge in [-0.05, 0) is 31.9 Å². The van der Waals surface area contributed by atoms with Gasteiger partial charge in [0.2, 0.25) is 5.91 Å². The molecule has 1 aliphatic rings. The average molecular weight is 290 g/mol. The Bertz CT molecular complexity index is 494. The fraction of sp³-hybridized carbons (Fsp3) is 0.625. The van der Waals surface area contributed by atoms with Crippen LogP contribution in [0.4, 0.5) is 5.69 Å². The molecule has 1 aromatic rings. The van der Waals surface area contributed by atoms with Gasteiger partial charge >= 0.3 is 0 Å². The van der Waals surface area contributed by atoms with E-state index in [9.17, 15) is 4.79 Å².